The zero-order chi connectivity index (χ0) is 20.1. The maximum absolute atomic E-state index is 12.4. The summed E-state index contributed by atoms with van der Waals surface area (Å²) in [4.78, 5) is 28.0. The van der Waals surface area contributed by atoms with Gasteiger partial charge < -0.3 is 15.1 Å². The van der Waals surface area contributed by atoms with Gasteiger partial charge in [-0.05, 0) is 55.3 Å². The Hall–Kier alpha value is -2.53. The first kappa shape index (κ1) is 20.8. The summed E-state index contributed by atoms with van der Waals surface area (Å²) in [5.41, 5.74) is 4.39. The lowest BCUT2D eigenvalue weighted by atomic mass is 10.1. The summed E-state index contributed by atoms with van der Waals surface area (Å²) in [6.45, 7) is 5.66. The van der Waals surface area contributed by atoms with E-state index in [0.717, 1.165) is 22.5 Å². The van der Waals surface area contributed by atoms with Gasteiger partial charge in [-0.3, -0.25) is 9.59 Å². The van der Waals surface area contributed by atoms with E-state index in [4.69, 9.17) is 11.6 Å². The van der Waals surface area contributed by atoms with Crippen molar-refractivity contribution in [3.05, 3.63) is 52.5 Å². The topological polar surface area (TPSA) is 52.7 Å². The quantitative estimate of drug-likeness (QED) is 0.799. The second kappa shape index (κ2) is 8.91. The molecule has 2 aromatic rings. The van der Waals surface area contributed by atoms with Crippen molar-refractivity contribution >= 4 is 40.5 Å². The average Bonchev–Trinajstić information content (AvgIpc) is 2.58. The van der Waals surface area contributed by atoms with Crippen molar-refractivity contribution in [2.75, 3.05) is 35.8 Å². The van der Waals surface area contributed by atoms with Crippen LogP contribution in [0.4, 0.5) is 17.1 Å². The molecule has 5 nitrogen and oxygen atoms in total. The summed E-state index contributed by atoms with van der Waals surface area (Å²) < 4.78 is 0. The summed E-state index contributed by atoms with van der Waals surface area (Å²) in [6, 6.07) is 11.4. The lowest BCUT2D eigenvalue weighted by Gasteiger charge is -2.22. The Morgan fingerprint density at radius 1 is 1.04 bits per heavy atom. The number of rotatable bonds is 6. The van der Waals surface area contributed by atoms with Gasteiger partial charge in [-0.25, -0.2) is 0 Å². The number of nitrogens with zero attached hydrogens (tertiary/aromatic N) is 2. The molecule has 2 aromatic carbocycles. The van der Waals surface area contributed by atoms with Crippen molar-refractivity contribution in [3.63, 3.8) is 0 Å². The maximum atomic E-state index is 12.4. The molecule has 0 aliphatic carbocycles. The van der Waals surface area contributed by atoms with Gasteiger partial charge in [-0.1, -0.05) is 17.7 Å². The molecule has 0 heterocycles. The highest BCUT2D eigenvalue weighted by Gasteiger charge is 2.15. The van der Waals surface area contributed by atoms with Gasteiger partial charge in [0.05, 0.1) is 10.7 Å². The van der Waals surface area contributed by atoms with Crippen LogP contribution in [0.2, 0.25) is 5.02 Å². The first-order valence-electron chi connectivity index (χ1n) is 8.81. The highest BCUT2D eigenvalue weighted by molar-refractivity contribution is 6.34. The minimum absolute atomic E-state index is 0.107. The molecular formula is C21H26ClN3O2. The molecular weight excluding hydrogens is 362 g/mol. The number of anilines is 3. The Kier molecular flexibility index (Phi) is 6.86. The summed E-state index contributed by atoms with van der Waals surface area (Å²) >= 11 is 6.25. The molecule has 6 heteroatoms. The molecule has 0 aromatic heterocycles. The lowest BCUT2D eigenvalue weighted by molar-refractivity contribution is -0.117. The minimum atomic E-state index is -0.181. The molecule has 27 heavy (non-hydrogen) atoms. The maximum Gasteiger partial charge on any atom is 0.226 e. The van der Waals surface area contributed by atoms with Crippen LogP contribution in [-0.4, -0.2) is 32.5 Å². The summed E-state index contributed by atoms with van der Waals surface area (Å²) in [6.07, 6.45) is 0.179. The van der Waals surface area contributed by atoms with E-state index < -0.39 is 0 Å². The Bertz CT molecular complexity index is 809. The highest BCUT2D eigenvalue weighted by Crippen LogP contribution is 2.27. The van der Waals surface area contributed by atoms with Gasteiger partial charge in [0.15, 0.2) is 0 Å². The Morgan fingerprint density at radius 3 is 2.15 bits per heavy atom. The zero-order valence-corrected chi connectivity index (χ0v) is 17.2. The molecule has 1 N–H and O–H groups in total. The Labute approximate surface area is 165 Å². The van der Waals surface area contributed by atoms with Crippen LogP contribution in [-0.2, 0) is 9.59 Å². The van der Waals surface area contributed by atoms with Gasteiger partial charge in [0, 0.05) is 45.4 Å². The van der Waals surface area contributed by atoms with Crippen LogP contribution in [0.3, 0.4) is 0 Å². The molecule has 0 unspecified atom stereocenters. The molecule has 2 amide bonds. The molecule has 2 rings (SSSR count). The fraction of sp³-hybridized carbons (Fsp3) is 0.333. The fourth-order valence-electron chi connectivity index (χ4n) is 2.89. The number of hydrogen-bond acceptors (Lipinski definition) is 3. The molecule has 0 aliphatic heterocycles. The van der Waals surface area contributed by atoms with Gasteiger partial charge in [0.2, 0.25) is 11.8 Å². The van der Waals surface area contributed by atoms with E-state index in [2.05, 4.69) is 5.32 Å². The van der Waals surface area contributed by atoms with E-state index >= 15 is 0 Å². The first-order valence-corrected chi connectivity index (χ1v) is 9.19. The first-order chi connectivity index (χ1) is 12.7. The highest BCUT2D eigenvalue weighted by atomic mass is 35.5. The van der Waals surface area contributed by atoms with Crippen molar-refractivity contribution in [2.24, 2.45) is 0 Å². The van der Waals surface area contributed by atoms with Gasteiger partial charge in [-0.2, -0.15) is 0 Å². The van der Waals surface area contributed by atoms with Crippen LogP contribution in [0.5, 0.6) is 0 Å². The van der Waals surface area contributed by atoms with Gasteiger partial charge >= 0.3 is 0 Å². The zero-order valence-electron chi connectivity index (χ0n) is 16.5. The molecule has 0 saturated carbocycles. The second-order valence-corrected chi connectivity index (χ2v) is 7.23. The SMILES string of the molecule is CC(=O)N(CCC(=O)Nc1c(C)cc(C)cc1Cl)c1ccc(N(C)C)cc1. The summed E-state index contributed by atoms with van der Waals surface area (Å²) in [7, 11) is 3.92. The Balaban J connectivity index is 2.05. The van der Waals surface area contributed by atoms with E-state index in [1.807, 2.05) is 69.2 Å². The number of amides is 2. The molecule has 0 bridgehead atoms. The number of nitrogens with one attached hydrogen (secondary N) is 1. The third-order valence-corrected chi connectivity index (χ3v) is 4.61. The number of hydrogen-bond donors (Lipinski definition) is 1. The van der Waals surface area contributed by atoms with E-state index in [1.54, 1.807) is 4.90 Å². The monoisotopic (exact) mass is 387 g/mol. The van der Waals surface area contributed by atoms with Gasteiger partial charge in [-0.15, -0.1) is 0 Å². The number of carbonyl (C=O) groups excluding carboxylic acids is 2. The van der Waals surface area contributed by atoms with Gasteiger partial charge in [0.1, 0.15) is 0 Å². The van der Waals surface area contributed by atoms with Crippen LogP contribution in [0.15, 0.2) is 36.4 Å². The third-order valence-electron chi connectivity index (χ3n) is 4.32. The van der Waals surface area contributed by atoms with Crippen molar-refractivity contribution in [1.29, 1.82) is 0 Å². The molecule has 0 atom stereocenters. The van der Waals surface area contributed by atoms with E-state index in [1.165, 1.54) is 6.92 Å². The second-order valence-electron chi connectivity index (χ2n) is 6.82. The standard InChI is InChI=1S/C21H26ClN3O2/c1-14-12-15(2)21(19(22)13-14)23-20(27)10-11-25(16(3)26)18-8-6-17(7-9-18)24(4)5/h6-9,12-13H,10-11H2,1-5H3,(H,23,27). The summed E-state index contributed by atoms with van der Waals surface area (Å²) in [5.74, 6) is -0.287. The lowest BCUT2D eigenvalue weighted by Crippen LogP contribution is -2.32. The van der Waals surface area contributed by atoms with Crippen LogP contribution < -0.4 is 15.1 Å². The third kappa shape index (κ3) is 5.47. The predicted molar refractivity (Wildman–Crippen MR) is 113 cm³/mol. The van der Waals surface area contributed by atoms with E-state index in [9.17, 15) is 9.59 Å². The largest absolute Gasteiger partial charge is 0.378 e. The number of carbonyl (C=O) groups is 2. The molecule has 0 fully saturated rings. The number of benzene rings is 2. The molecule has 0 saturated heterocycles. The van der Waals surface area contributed by atoms with Crippen LogP contribution in [0, 0.1) is 13.8 Å². The molecule has 0 spiro atoms. The number of aryl methyl sites for hydroxylation is 2. The normalized spacial score (nSPS) is 10.4. The van der Waals surface area contributed by atoms with Crippen molar-refractivity contribution in [1.82, 2.24) is 0 Å². The average molecular weight is 388 g/mol. The summed E-state index contributed by atoms with van der Waals surface area (Å²) in [5, 5.41) is 3.38. The van der Waals surface area contributed by atoms with Crippen molar-refractivity contribution in [2.45, 2.75) is 27.2 Å². The molecule has 0 radical (unpaired) electrons. The van der Waals surface area contributed by atoms with Crippen molar-refractivity contribution < 1.29 is 9.59 Å². The van der Waals surface area contributed by atoms with Crippen LogP contribution in [0.1, 0.15) is 24.5 Å². The van der Waals surface area contributed by atoms with Crippen molar-refractivity contribution in [3.8, 4) is 0 Å². The smallest absolute Gasteiger partial charge is 0.226 e. The van der Waals surface area contributed by atoms with Crippen LogP contribution >= 0.6 is 11.6 Å². The van der Waals surface area contributed by atoms with E-state index in [0.29, 0.717) is 17.3 Å². The predicted octanol–water partition coefficient (Wildman–Crippen LogP) is 4.40. The molecule has 144 valence electrons. The minimum Gasteiger partial charge on any atom is -0.378 e. The fourth-order valence-corrected chi connectivity index (χ4v) is 3.26. The number of halogens is 1. The van der Waals surface area contributed by atoms with Gasteiger partial charge in [0.25, 0.3) is 0 Å². The van der Waals surface area contributed by atoms with E-state index in [-0.39, 0.29) is 18.2 Å². The van der Waals surface area contributed by atoms with Crippen LogP contribution in [0.25, 0.3) is 0 Å². The molecule has 0 aliphatic rings. The Morgan fingerprint density at radius 2 is 1.63 bits per heavy atom.